The first kappa shape index (κ1) is 16.8. The molecule has 1 aromatic heterocycles. The summed E-state index contributed by atoms with van der Waals surface area (Å²) in [7, 11) is 0. The monoisotopic (exact) mass is 337 g/mol. The van der Waals surface area contributed by atoms with E-state index >= 15 is 0 Å². The first-order valence-electron chi connectivity index (χ1n) is 8.27. The first-order valence-corrected chi connectivity index (χ1v) is 8.27. The minimum absolute atomic E-state index is 0.188. The van der Waals surface area contributed by atoms with Crippen molar-refractivity contribution in [3.63, 3.8) is 0 Å². The van der Waals surface area contributed by atoms with Crippen molar-refractivity contribution in [1.82, 2.24) is 15.2 Å². The number of nitrogens with zero attached hydrogens (tertiary/aromatic N) is 4. The van der Waals surface area contributed by atoms with Gasteiger partial charge in [-0.15, -0.1) is 5.10 Å². The molecule has 2 aromatic carbocycles. The zero-order chi connectivity index (χ0) is 17.5. The number of benzene rings is 2. The molecule has 5 nitrogen and oxygen atoms in total. The van der Waals surface area contributed by atoms with Gasteiger partial charge in [0.05, 0.1) is 6.20 Å². The molecule has 0 spiro atoms. The molecule has 0 fully saturated rings. The summed E-state index contributed by atoms with van der Waals surface area (Å²) in [6, 6.07) is 16.7. The Morgan fingerprint density at radius 3 is 2.56 bits per heavy atom. The Kier molecular flexibility index (Phi) is 5.51. The Morgan fingerprint density at radius 2 is 1.80 bits per heavy atom. The molecule has 0 aliphatic rings. The lowest BCUT2D eigenvalue weighted by Crippen LogP contribution is -2.20. The average Bonchev–Trinajstić information content (AvgIpc) is 2.65. The van der Waals surface area contributed by atoms with E-state index in [9.17, 15) is 4.39 Å². The van der Waals surface area contributed by atoms with Crippen molar-refractivity contribution in [1.29, 1.82) is 0 Å². The van der Waals surface area contributed by atoms with Crippen LogP contribution in [-0.2, 0) is 6.42 Å². The molecular formula is C19H20FN5. The second kappa shape index (κ2) is 8.19. The molecule has 0 unspecified atom stereocenters. The number of rotatable bonds is 7. The van der Waals surface area contributed by atoms with Crippen LogP contribution in [0.1, 0.15) is 12.5 Å². The summed E-state index contributed by atoms with van der Waals surface area (Å²) in [6.45, 7) is 3.33. The molecule has 1 heterocycles. The van der Waals surface area contributed by atoms with Crippen molar-refractivity contribution >= 4 is 17.5 Å². The smallest absolute Gasteiger partial charge is 0.251 e. The van der Waals surface area contributed by atoms with Crippen molar-refractivity contribution < 1.29 is 4.39 Å². The number of halogens is 1. The Labute approximate surface area is 146 Å². The van der Waals surface area contributed by atoms with Gasteiger partial charge in [-0.05, 0) is 37.1 Å². The van der Waals surface area contributed by atoms with Crippen LogP contribution >= 0.6 is 0 Å². The average molecular weight is 337 g/mol. The molecule has 6 heteroatoms. The van der Waals surface area contributed by atoms with Gasteiger partial charge in [0, 0.05) is 18.8 Å². The summed E-state index contributed by atoms with van der Waals surface area (Å²) >= 11 is 0. The molecule has 0 radical (unpaired) electrons. The Morgan fingerprint density at radius 1 is 1.04 bits per heavy atom. The van der Waals surface area contributed by atoms with E-state index in [2.05, 4.69) is 20.5 Å². The van der Waals surface area contributed by atoms with Crippen LogP contribution in [0.3, 0.4) is 0 Å². The van der Waals surface area contributed by atoms with Gasteiger partial charge in [-0.2, -0.15) is 10.1 Å². The van der Waals surface area contributed by atoms with Gasteiger partial charge in [-0.3, -0.25) is 0 Å². The summed E-state index contributed by atoms with van der Waals surface area (Å²) in [6.07, 6.45) is 2.14. The summed E-state index contributed by atoms with van der Waals surface area (Å²) < 4.78 is 13.6. The normalized spacial score (nSPS) is 10.5. The van der Waals surface area contributed by atoms with E-state index < -0.39 is 0 Å². The number of anilines is 3. The van der Waals surface area contributed by atoms with Gasteiger partial charge >= 0.3 is 0 Å². The van der Waals surface area contributed by atoms with E-state index in [4.69, 9.17) is 0 Å². The number of nitrogens with one attached hydrogen (secondary N) is 1. The second-order valence-electron chi connectivity index (χ2n) is 5.49. The molecule has 0 aliphatic carbocycles. The van der Waals surface area contributed by atoms with Crippen molar-refractivity contribution in [3.05, 3.63) is 72.2 Å². The predicted molar refractivity (Wildman–Crippen MR) is 97.5 cm³/mol. The van der Waals surface area contributed by atoms with Gasteiger partial charge in [-0.1, -0.05) is 36.4 Å². The van der Waals surface area contributed by atoms with E-state index in [0.29, 0.717) is 30.3 Å². The van der Waals surface area contributed by atoms with Crippen molar-refractivity contribution in [2.45, 2.75) is 13.3 Å². The number of aromatic nitrogens is 3. The van der Waals surface area contributed by atoms with E-state index in [1.165, 1.54) is 6.07 Å². The van der Waals surface area contributed by atoms with Crippen LogP contribution in [0.2, 0.25) is 0 Å². The van der Waals surface area contributed by atoms with Gasteiger partial charge in [0.25, 0.3) is 5.95 Å². The van der Waals surface area contributed by atoms with Gasteiger partial charge in [0.15, 0.2) is 5.82 Å². The van der Waals surface area contributed by atoms with Crippen LogP contribution in [0.5, 0.6) is 0 Å². The molecule has 3 aromatic rings. The number of para-hydroxylation sites is 1. The zero-order valence-electron chi connectivity index (χ0n) is 14.1. The quantitative estimate of drug-likeness (QED) is 0.710. The Bertz CT molecular complexity index is 810. The molecule has 25 heavy (non-hydrogen) atoms. The standard InChI is InChI=1S/C19H20FN5/c1-2-25(16-9-4-3-5-10-16)19-23-18(14-22-24-19)21-13-12-15-8-6-7-11-17(15)20/h3-11,14H,2,12-13H2,1H3,(H,21,23,24). The Balaban J connectivity index is 1.68. The minimum Gasteiger partial charge on any atom is -0.368 e. The lowest BCUT2D eigenvalue weighted by atomic mass is 10.1. The van der Waals surface area contributed by atoms with Crippen LogP contribution in [-0.4, -0.2) is 28.3 Å². The first-order chi connectivity index (χ1) is 12.3. The van der Waals surface area contributed by atoms with E-state index in [0.717, 1.165) is 12.2 Å². The molecule has 0 saturated heterocycles. The summed E-state index contributed by atoms with van der Waals surface area (Å²) in [4.78, 5) is 6.50. The number of hydrogen-bond donors (Lipinski definition) is 1. The molecule has 0 aliphatic heterocycles. The fourth-order valence-electron chi connectivity index (χ4n) is 2.57. The lowest BCUT2D eigenvalue weighted by molar-refractivity contribution is 0.610. The third-order valence-electron chi connectivity index (χ3n) is 3.83. The molecule has 0 bridgehead atoms. The zero-order valence-corrected chi connectivity index (χ0v) is 14.1. The largest absolute Gasteiger partial charge is 0.368 e. The molecule has 1 N–H and O–H groups in total. The maximum absolute atomic E-state index is 13.6. The lowest BCUT2D eigenvalue weighted by Gasteiger charge is -2.20. The van der Waals surface area contributed by atoms with Crippen molar-refractivity contribution in [2.75, 3.05) is 23.3 Å². The van der Waals surface area contributed by atoms with E-state index in [-0.39, 0.29) is 5.82 Å². The van der Waals surface area contributed by atoms with Gasteiger partial charge in [0.2, 0.25) is 0 Å². The van der Waals surface area contributed by atoms with E-state index in [1.54, 1.807) is 18.3 Å². The predicted octanol–water partition coefficient (Wildman–Crippen LogP) is 3.82. The summed E-state index contributed by atoms with van der Waals surface area (Å²) in [5.41, 5.74) is 1.69. The fourth-order valence-corrected chi connectivity index (χ4v) is 2.57. The van der Waals surface area contributed by atoms with Gasteiger partial charge in [0.1, 0.15) is 5.82 Å². The molecular weight excluding hydrogens is 317 g/mol. The van der Waals surface area contributed by atoms with Gasteiger partial charge in [-0.25, -0.2) is 4.39 Å². The maximum Gasteiger partial charge on any atom is 0.251 e. The van der Waals surface area contributed by atoms with E-state index in [1.807, 2.05) is 48.2 Å². The fraction of sp³-hybridized carbons (Fsp3) is 0.211. The van der Waals surface area contributed by atoms with Crippen LogP contribution in [0.4, 0.5) is 21.8 Å². The third-order valence-corrected chi connectivity index (χ3v) is 3.83. The van der Waals surface area contributed by atoms with Crippen molar-refractivity contribution in [2.24, 2.45) is 0 Å². The summed E-state index contributed by atoms with van der Waals surface area (Å²) in [5.74, 6) is 0.965. The minimum atomic E-state index is -0.188. The molecule has 3 rings (SSSR count). The van der Waals surface area contributed by atoms with Crippen LogP contribution in [0.25, 0.3) is 0 Å². The summed E-state index contributed by atoms with van der Waals surface area (Å²) in [5, 5.41) is 11.3. The molecule has 0 atom stereocenters. The second-order valence-corrected chi connectivity index (χ2v) is 5.49. The SMILES string of the molecule is CCN(c1ccccc1)c1nncc(NCCc2ccccc2F)n1. The molecule has 0 amide bonds. The van der Waals surface area contributed by atoms with Crippen LogP contribution in [0.15, 0.2) is 60.8 Å². The third kappa shape index (κ3) is 4.29. The van der Waals surface area contributed by atoms with Crippen molar-refractivity contribution in [3.8, 4) is 0 Å². The maximum atomic E-state index is 13.6. The van der Waals surface area contributed by atoms with Crippen LogP contribution in [0, 0.1) is 5.82 Å². The van der Waals surface area contributed by atoms with Gasteiger partial charge < -0.3 is 10.2 Å². The highest BCUT2D eigenvalue weighted by Gasteiger charge is 2.11. The molecule has 0 saturated carbocycles. The molecule has 128 valence electrons. The number of hydrogen-bond acceptors (Lipinski definition) is 5. The highest BCUT2D eigenvalue weighted by Crippen LogP contribution is 2.21. The van der Waals surface area contributed by atoms with Crippen LogP contribution < -0.4 is 10.2 Å². The highest BCUT2D eigenvalue weighted by atomic mass is 19.1. The topological polar surface area (TPSA) is 53.9 Å². The highest BCUT2D eigenvalue weighted by molar-refractivity contribution is 5.57. The Hall–Kier alpha value is -3.02.